The quantitative estimate of drug-likeness (QED) is 0.898. The molecule has 3 rings (SSSR count). The molecule has 0 aliphatic carbocycles. The van der Waals surface area contributed by atoms with Crippen molar-refractivity contribution in [3.63, 3.8) is 0 Å². The van der Waals surface area contributed by atoms with E-state index in [0.29, 0.717) is 6.54 Å². The van der Waals surface area contributed by atoms with Crippen molar-refractivity contribution in [1.82, 2.24) is 14.8 Å². The van der Waals surface area contributed by atoms with Crippen LogP contribution >= 0.6 is 0 Å². The van der Waals surface area contributed by atoms with Crippen molar-refractivity contribution in [2.24, 2.45) is 0 Å². The topological polar surface area (TPSA) is 59.6 Å². The molecule has 2 aromatic rings. The number of piperazine rings is 1. The molecule has 0 unspecified atom stereocenters. The second-order valence-corrected chi connectivity index (χ2v) is 5.89. The van der Waals surface area contributed by atoms with E-state index in [2.05, 4.69) is 14.8 Å². The summed E-state index contributed by atoms with van der Waals surface area (Å²) < 4.78 is 13.2. The molecule has 5 nitrogen and oxygen atoms in total. The van der Waals surface area contributed by atoms with Gasteiger partial charge in [-0.3, -0.25) is 14.6 Å². The van der Waals surface area contributed by atoms with E-state index in [9.17, 15) is 14.3 Å². The Hall–Kier alpha value is -2.18. The van der Waals surface area contributed by atoms with Gasteiger partial charge in [0.1, 0.15) is 5.82 Å². The number of hydrogen-bond acceptors (Lipinski definition) is 4. The van der Waals surface area contributed by atoms with E-state index in [1.165, 1.54) is 18.3 Å². The van der Waals surface area contributed by atoms with Gasteiger partial charge in [0.05, 0.1) is 0 Å². The molecule has 1 aromatic carbocycles. The van der Waals surface area contributed by atoms with Gasteiger partial charge in [0.2, 0.25) is 5.43 Å². The molecule has 122 valence electrons. The number of aromatic amines is 1. The lowest BCUT2D eigenvalue weighted by Gasteiger charge is -2.34. The molecule has 23 heavy (non-hydrogen) atoms. The summed E-state index contributed by atoms with van der Waals surface area (Å²) in [5.74, 6) is -0.453. The summed E-state index contributed by atoms with van der Waals surface area (Å²) in [6.07, 6.45) is 1.33. The molecular formula is C17H20FN3O2. The summed E-state index contributed by atoms with van der Waals surface area (Å²) in [5.41, 5.74) is 1.43. The number of H-pyrrole nitrogens is 1. The number of pyridine rings is 1. The Balaban J connectivity index is 1.52. The fraction of sp³-hybridized carbons (Fsp3) is 0.353. The molecular weight excluding hydrogens is 297 g/mol. The van der Waals surface area contributed by atoms with E-state index in [0.717, 1.165) is 44.0 Å². The summed E-state index contributed by atoms with van der Waals surface area (Å²) in [6.45, 7) is 4.99. The number of benzene rings is 1. The smallest absolute Gasteiger partial charge is 0.223 e. The average molecular weight is 317 g/mol. The second-order valence-electron chi connectivity index (χ2n) is 5.89. The number of halogens is 1. The van der Waals surface area contributed by atoms with E-state index >= 15 is 0 Å². The summed E-state index contributed by atoms with van der Waals surface area (Å²) in [4.78, 5) is 18.9. The SMILES string of the molecule is O=c1cc(CN2CCN(Cc3cccc(F)c3)CC2)[nH]cc1O. The highest BCUT2D eigenvalue weighted by Crippen LogP contribution is 2.11. The highest BCUT2D eigenvalue weighted by atomic mass is 19.1. The van der Waals surface area contributed by atoms with E-state index in [1.54, 1.807) is 12.1 Å². The number of nitrogens with zero attached hydrogens (tertiary/aromatic N) is 2. The predicted octanol–water partition coefficient (Wildman–Crippen LogP) is 1.54. The Labute approximate surface area is 134 Å². The fourth-order valence-corrected chi connectivity index (χ4v) is 2.84. The molecule has 1 saturated heterocycles. The predicted molar refractivity (Wildman–Crippen MR) is 85.7 cm³/mol. The van der Waals surface area contributed by atoms with Crippen LogP contribution in [0.2, 0.25) is 0 Å². The first-order valence-electron chi connectivity index (χ1n) is 7.70. The van der Waals surface area contributed by atoms with Crippen LogP contribution in [0.4, 0.5) is 4.39 Å². The standard InChI is InChI=1S/C17H20FN3O2/c18-14-3-1-2-13(8-14)11-20-4-6-21(7-5-20)12-15-9-16(22)17(23)10-19-15/h1-3,8-10,23H,4-7,11-12H2,(H,19,22). The summed E-state index contributed by atoms with van der Waals surface area (Å²) in [5, 5.41) is 9.25. The highest BCUT2D eigenvalue weighted by Gasteiger charge is 2.17. The van der Waals surface area contributed by atoms with Gasteiger partial charge >= 0.3 is 0 Å². The maximum atomic E-state index is 13.2. The van der Waals surface area contributed by atoms with Gasteiger partial charge in [0, 0.05) is 57.2 Å². The normalized spacial score (nSPS) is 16.6. The van der Waals surface area contributed by atoms with Crippen molar-refractivity contribution in [1.29, 1.82) is 0 Å². The minimum absolute atomic E-state index is 0.197. The summed E-state index contributed by atoms with van der Waals surface area (Å²) in [7, 11) is 0. The van der Waals surface area contributed by atoms with Gasteiger partial charge in [-0.15, -0.1) is 0 Å². The van der Waals surface area contributed by atoms with Crippen LogP contribution in [0.5, 0.6) is 5.75 Å². The molecule has 1 fully saturated rings. The Morgan fingerprint density at radius 2 is 1.78 bits per heavy atom. The summed E-state index contributed by atoms with van der Waals surface area (Å²) in [6, 6.07) is 8.15. The lowest BCUT2D eigenvalue weighted by molar-refractivity contribution is 0.121. The molecule has 1 aliphatic rings. The maximum absolute atomic E-state index is 13.2. The fourth-order valence-electron chi connectivity index (χ4n) is 2.84. The van der Waals surface area contributed by atoms with Gasteiger partial charge in [-0.1, -0.05) is 12.1 Å². The molecule has 2 heterocycles. The molecule has 6 heteroatoms. The molecule has 0 atom stereocenters. The van der Waals surface area contributed by atoms with Crippen LogP contribution in [0.15, 0.2) is 41.3 Å². The highest BCUT2D eigenvalue weighted by molar-refractivity contribution is 5.18. The Morgan fingerprint density at radius 1 is 1.09 bits per heavy atom. The molecule has 0 bridgehead atoms. The van der Waals surface area contributed by atoms with Crippen molar-refractivity contribution in [2.75, 3.05) is 26.2 Å². The Morgan fingerprint density at radius 3 is 2.43 bits per heavy atom. The first-order chi connectivity index (χ1) is 11.1. The third-order valence-corrected chi connectivity index (χ3v) is 4.11. The van der Waals surface area contributed by atoms with Crippen LogP contribution in [-0.2, 0) is 13.1 Å². The Bertz CT molecular complexity index is 724. The zero-order chi connectivity index (χ0) is 16.2. The zero-order valence-electron chi connectivity index (χ0n) is 12.8. The maximum Gasteiger partial charge on any atom is 0.223 e. The average Bonchev–Trinajstić information content (AvgIpc) is 2.53. The van der Waals surface area contributed by atoms with Crippen LogP contribution in [0, 0.1) is 5.82 Å². The number of nitrogens with one attached hydrogen (secondary N) is 1. The lowest BCUT2D eigenvalue weighted by atomic mass is 10.2. The van der Waals surface area contributed by atoms with Gasteiger partial charge in [-0.25, -0.2) is 4.39 Å². The molecule has 1 aliphatic heterocycles. The Kier molecular flexibility index (Phi) is 4.73. The van der Waals surface area contributed by atoms with Crippen LogP contribution < -0.4 is 5.43 Å². The first-order valence-corrected chi connectivity index (χ1v) is 7.70. The number of aromatic hydroxyl groups is 1. The minimum atomic E-state index is -0.358. The van der Waals surface area contributed by atoms with Crippen molar-refractivity contribution >= 4 is 0 Å². The van der Waals surface area contributed by atoms with Gasteiger partial charge in [-0.2, -0.15) is 0 Å². The first kappa shape index (κ1) is 15.7. The monoisotopic (exact) mass is 317 g/mol. The van der Waals surface area contributed by atoms with E-state index in [-0.39, 0.29) is 17.0 Å². The van der Waals surface area contributed by atoms with Gasteiger partial charge < -0.3 is 10.1 Å². The second kappa shape index (κ2) is 6.93. The van der Waals surface area contributed by atoms with Gasteiger partial charge in [-0.05, 0) is 17.7 Å². The van der Waals surface area contributed by atoms with Crippen molar-refractivity contribution in [3.8, 4) is 5.75 Å². The molecule has 0 amide bonds. The molecule has 1 aromatic heterocycles. The van der Waals surface area contributed by atoms with E-state index in [4.69, 9.17) is 0 Å². The third kappa shape index (κ3) is 4.18. The van der Waals surface area contributed by atoms with Crippen molar-refractivity contribution in [2.45, 2.75) is 13.1 Å². The molecule has 0 radical (unpaired) electrons. The zero-order valence-corrected chi connectivity index (χ0v) is 12.8. The van der Waals surface area contributed by atoms with Crippen LogP contribution in [0.3, 0.4) is 0 Å². The van der Waals surface area contributed by atoms with Crippen molar-refractivity contribution in [3.05, 3.63) is 63.8 Å². The molecule has 0 spiro atoms. The third-order valence-electron chi connectivity index (χ3n) is 4.11. The summed E-state index contributed by atoms with van der Waals surface area (Å²) >= 11 is 0. The number of hydrogen-bond donors (Lipinski definition) is 2. The number of rotatable bonds is 4. The van der Waals surface area contributed by atoms with Gasteiger partial charge in [0.15, 0.2) is 5.75 Å². The van der Waals surface area contributed by atoms with E-state index < -0.39 is 0 Å². The molecule has 0 saturated carbocycles. The lowest BCUT2D eigenvalue weighted by Crippen LogP contribution is -2.45. The molecule has 2 N–H and O–H groups in total. The van der Waals surface area contributed by atoms with Crippen LogP contribution in [0.25, 0.3) is 0 Å². The van der Waals surface area contributed by atoms with Crippen LogP contribution in [-0.4, -0.2) is 46.1 Å². The number of aromatic nitrogens is 1. The largest absolute Gasteiger partial charge is 0.503 e. The van der Waals surface area contributed by atoms with E-state index in [1.807, 2.05) is 6.07 Å². The van der Waals surface area contributed by atoms with Gasteiger partial charge in [0.25, 0.3) is 0 Å². The van der Waals surface area contributed by atoms with Crippen molar-refractivity contribution < 1.29 is 9.50 Å². The minimum Gasteiger partial charge on any atom is -0.503 e. The van der Waals surface area contributed by atoms with Crippen LogP contribution in [0.1, 0.15) is 11.3 Å².